The van der Waals surface area contributed by atoms with Gasteiger partial charge in [0.2, 0.25) is 0 Å². The number of nitrogens with one attached hydrogen (secondary N) is 1. The van der Waals surface area contributed by atoms with Crippen molar-refractivity contribution < 1.29 is 9.53 Å². The Morgan fingerprint density at radius 1 is 1.47 bits per heavy atom. The minimum absolute atomic E-state index is 0.152. The number of esters is 1. The number of fused-ring (bicyclic) bond motifs is 1. The molecule has 1 aliphatic rings. The van der Waals surface area contributed by atoms with Crippen LogP contribution in [0.4, 0.5) is 5.69 Å². The van der Waals surface area contributed by atoms with E-state index < -0.39 is 0 Å². The Labute approximate surface area is 118 Å². The van der Waals surface area contributed by atoms with Crippen molar-refractivity contribution in [3.05, 3.63) is 29.8 Å². The summed E-state index contributed by atoms with van der Waals surface area (Å²) in [6, 6.07) is 8.00. The van der Waals surface area contributed by atoms with Gasteiger partial charge in [0.15, 0.2) is 5.11 Å². The van der Waals surface area contributed by atoms with Crippen molar-refractivity contribution in [2.45, 2.75) is 25.3 Å². The summed E-state index contributed by atoms with van der Waals surface area (Å²) >= 11 is 5.36. The van der Waals surface area contributed by atoms with Crippen molar-refractivity contribution in [2.24, 2.45) is 0 Å². The van der Waals surface area contributed by atoms with Crippen LogP contribution in [0.15, 0.2) is 24.3 Å². The predicted octanol–water partition coefficient (Wildman–Crippen LogP) is 2.05. The number of thiocarbonyl (C=S) groups is 1. The number of hydrogen-bond acceptors (Lipinski definition) is 3. The SMILES string of the molecule is CNC(=S)N1c2ccccc2C(C(=O)OC)CC1C. The Balaban J connectivity index is 2.48. The molecule has 1 aliphatic heterocycles. The number of anilines is 1. The van der Waals surface area contributed by atoms with Gasteiger partial charge in [-0.25, -0.2) is 0 Å². The molecular formula is C14H18N2O2S. The maximum Gasteiger partial charge on any atom is 0.313 e. The number of carbonyl (C=O) groups excluding carboxylic acids is 1. The third kappa shape index (κ3) is 2.42. The fourth-order valence-corrected chi connectivity index (χ4v) is 2.89. The molecule has 1 heterocycles. The third-order valence-electron chi connectivity index (χ3n) is 3.51. The second kappa shape index (κ2) is 5.57. The molecule has 0 aliphatic carbocycles. The van der Waals surface area contributed by atoms with Crippen molar-refractivity contribution in [1.29, 1.82) is 0 Å². The van der Waals surface area contributed by atoms with Crippen LogP contribution >= 0.6 is 12.2 Å². The Hall–Kier alpha value is -1.62. The molecule has 2 rings (SSSR count). The van der Waals surface area contributed by atoms with Crippen LogP contribution in [0.2, 0.25) is 0 Å². The molecule has 0 aromatic heterocycles. The lowest BCUT2D eigenvalue weighted by molar-refractivity contribution is -0.142. The normalized spacial score (nSPS) is 21.5. The molecule has 0 saturated carbocycles. The highest BCUT2D eigenvalue weighted by Crippen LogP contribution is 2.38. The van der Waals surface area contributed by atoms with Gasteiger partial charge in [-0.05, 0) is 37.2 Å². The summed E-state index contributed by atoms with van der Waals surface area (Å²) in [7, 11) is 3.24. The van der Waals surface area contributed by atoms with Gasteiger partial charge in [-0.2, -0.15) is 0 Å². The van der Waals surface area contributed by atoms with E-state index in [2.05, 4.69) is 17.1 Å². The Morgan fingerprint density at radius 3 is 2.79 bits per heavy atom. The van der Waals surface area contributed by atoms with E-state index in [1.807, 2.05) is 31.3 Å². The zero-order valence-corrected chi connectivity index (χ0v) is 12.2. The van der Waals surface area contributed by atoms with E-state index in [0.717, 1.165) is 11.3 Å². The fourth-order valence-electron chi connectivity index (χ4n) is 2.61. The molecule has 1 aromatic carbocycles. The summed E-state index contributed by atoms with van der Waals surface area (Å²) in [5, 5.41) is 3.67. The zero-order chi connectivity index (χ0) is 14.0. The largest absolute Gasteiger partial charge is 0.469 e. The molecule has 0 bridgehead atoms. The first-order chi connectivity index (χ1) is 9.10. The zero-order valence-electron chi connectivity index (χ0n) is 11.3. The monoisotopic (exact) mass is 278 g/mol. The molecule has 0 amide bonds. The lowest BCUT2D eigenvalue weighted by Crippen LogP contribution is -2.48. The van der Waals surface area contributed by atoms with E-state index in [1.54, 1.807) is 0 Å². The first kappa shape index (κ1) is 13.8. The fraction of sp³-hybridized carbons (Fsp3) is 0.429. The van der Waals surface area contributed by atoms with Gasteiger partial charge in [0.1, 0.15) is 0 Å². The van der Waals surface area contributed by atoms with E-state index in [0.29, 0.717) is 11.5 Å². The summed E-state index contributed by atoms with van der Waals surface area (Å²) in [4.78, 5) is 14.0. The number of methoxy groups -OCH3 is 1. The van der Waals surface area contributed by atoms with E-state index in [1.165, 1.54) is 7.11 Å². The average Bonchev–Trinajstić information content (AvgIpc) is 2.44. The van der Waals surface area contributed by atoms with Gasteiger partial charge in [-0.1, -0.05) is 18.2 Å². The maximum atomic E-state index is 11.9. The van der Waals surface area contributed by atoms with E-state index in [-0.39, 0.29) is 17.9 Å². The van der Waals surface area contributed by atoms with E-state index >= 15 is 0 Å². The molecule has 0 radical (unpaired) electrons. The van der Waals surface area contributed by atoms with Crippen LogP contribution in [0.1, 0.15) is 24.8 Å². The molecule has 2 atom stereocenters. The van der Waals surface area contributed by atoms with Gasteiger partial charge >= 0.3 is 5.97 Å². The summed E-state index contributed by atoms with van der Waals surface area (Å²) < 4.78 is 4.91. The molecule has 0 saturated heterocycles. The second-order valence-electron chi connectivity index (χ2n) is 4.64. The highest BCUT2D eigenvalue weighted by molar-refractivity contribution is 7.80. The number of para-hydroxylation sites is 1. The van der Waals surface area contributed by atoms with Gasteiger partial charge in [-0.3, -0.25) is 4.79 Å². The van der Waals surface area contributed by atoms with Crippen LogP contribution in [-0.2, 0) is 9.53 Å². The quantitative estimate of drug-likeness (QED) is 0.629. The minimum Gasteiger partial charge on any atom is -0.469 e. The lowest BCUT2D eigenvalue weighted by atomic mass is 9.86. The summed E-state index contributed by atoms with van der Waals surface area (Å²) in [6.07, 6.45) is 0.700. The molecule has 4 nitrogen and oxygen atoms in total. The Bertz CT molecular complexity index is 504. The van der Waals surface area contributed by atoms with Crippen LogP contribution in [0, 0.1) is 0 Å². The summed E-state index contributed by atoms with van der Waals surface area (Å²) in [5.41, 5.74) is 1.96. The molecule has 1 N–H and O–H groups in total. The molecule has 0 spiro atoms. The van der Waals surface area contributed by atoms with Crippen molar-refractivity contribution >= 4 is 29.0 Å². The van der Waals surface area contributed by atoms with E-state index in [9.17, 15) is 4.79 Å². The third-order valence-corrected chi connectivity index (χ3v) is 3.91. The van der Waals surface area contributed by atoms with Gasteiger partial charge < -0.3 is 15.0 Å². The van der Waals surface area contributed by atoms with Crippen molar-refractivity contribution in [3.8, 4) is 0 Å². The van der Waals surface area contributed by atoms with Gasteiger partial charge in [0.05, 0.1) is 13.0 Å². The van der Waals surface area contributed by atoms with Crippen LogP contribution in [0.5, 0.6) is 0 Å². The predicted molar refractivity (Wildman–Crippen MR) is 79.4 cm³/mol. The second-order valence-corrected chi connectivity index (χ2v) is 5.03. The molecule has 2 unspecified atom stereocenters. The van der Waals surface area contributed by atoms with Crippen molar-refractivity contribution in [3.63, 3.8) is 0 Å². The first-order valence-electron chi connectivity index (χ1n) is 6.27. The molecular weight excluding hydrogens is 260 g/mol. The molecule has 1 aromatic rings. The number of nitrogens with zero attached hydrogens (tertiary/aromatic N) is 1. The Morgan fingerprint density at radius 2 is 2.16 bits per heavy atom. The summed E-state index contributed by atoms with van der Waals surface area (Å²) in [6.45, 7) is 2.06. The lowest BCUT2D eigenvalue weighted by Gasteiger charge is -2.39. The molecule has 5 heteroatoms. The molecule has 19 heavy (non-hydrogen) atoms. The first-order valence-corrected chi connectivity index (χ1v) is 6.68. The Kier molecular flexibility index (Phi) is 4.04. The van der Waals surface area contributed by atoms with Crippen LogP contribution in [-0.4, -0.2) is 31.3 Å². The average molecular weight is 278 g/mol. The standard InChI is InChI=1S/C14H18N2O2S/c1-9-8-11(13(17)18-3)10-6-4-5-7-12(10)16(9)14(19)15-2/h4-7,9,11H,8H2,1-3H3,(H,15,19). The highest BCUT2D eigenvalue weighted by atomic mass is 32.1. The van der Waals surface area contributed by atoms with Crippen LogP contribution in [0.3, 0.4) is 0 Å². The van der Waals surface area contributed by atoms with Gasteiger partial charge in [-0.15, -0.1) is 0 Å². The number of benzene rings is 1. The van der Waals surface area contributed by atoms with E-state index in [4.69, 9.17) is 17.0 Å². The highest BCUT2D eigenvalue weighted by Gasteiger charge is 2.35. The smallest absolute Gasteiger partial charge is 0.313 e. The topological polar surface area (TPSA) is 41.6 Å². The number of carbonyl (C=O) groups is 1. The summed E-state index contributed by atoms with van der Waals surface area (Å²) in [5.74, 6) is -0.401. The maximum absolute atomic E-state index is 11.9. The van der Waals surface area contributed by atoms with Crippen LogP contribution in [0.25, 0.3) is 0 Å². The molecule has 102 valence electrons. The van der Waals surface area contributed by atoms with Gasteiger partial charge in [0, 0.05) is 18.8 Å². The van der Waals surface area contributed by atoms with Crippen LogP contribution < -0.4 is 10.2 Å². The number of rotatable bonds is 1. The number of hydrogen-bond donors (Lipinski definition) is 1. The van der Waals surface area contributed by atoms with Crippen molar-refractivity contribution in [1.82, 2.24) is 5.32 Å². The number of ether oxygens (including phenoxy) is 1. The van der Waals surface area contributed by atoms with Crippen molar-refractivity contribution in [2.75, 3.05) is 19.1 Å². The van der Waals surface area contributed by atoms with Gasteiger partial charge in [0.25, 0.3) is 0 Å². The minimum atomic E-state index is -0.216. The molecule has 0 fully saturated rings.